The number of aliphatic hydroxyl groups is 1. The lowest BCUT2D eigenvalue weighted by Crippen LogP contribution is -2.35. The van der Waals surface area contributed by atoms with Gasteiger partial charge in [0.15, 0.2) is 0 Å². The molecule has 1 N–H and O–H groups in total. The Labute approximate surface area is 108 Å². The number of likely N-dealkylation sites (N-methyl/N-ethyl adjacent to an activating group) is 1. The van der Waals surface area contributed by atoms with E-state index in [-0.39, 0.29) is 0 Å². The van der Waals surface area contributed by atoms with Gasteiger partial charge in [0, 0.05) is 25.5 Å². The summed E-state index contributed by atoms with van der Waals surface area (Å²) in [6, 6.07) is 8.22. The van der Waals surface area contributed by atoms with E-state index >= 15 is 0 Å². The van der Waals surface area contributed by atoms with Crippen molar-refractivity contribution in [1.29, 1.82) is 0 Å². The number of nitrogens with zero attached hydrogens (tertiary/aromatic N) is 3. The van der Waals surface area contributed by atoms with Crippen molar-refractivity contribution in [2.45, 2.75) is 26.0 Å². The summed E-state index contributed by atoms with van der Waals surface area (Å²) in [5, 5.41) is 15.6. The van der Waals surface area contributed by atoms with Crippen LogP contribution in [0.4, 0.5) is 0 Å². The zero-order chi connectivity index (χ0) is 13.3. The normalized spacial score (nSPS) is 12.6. The van der Waals surface area contributed by atoms with Gasteiger partial charge in [-0.25, -0.2) is 0 Å². The predicted molar refractivity (Wildman–Crippen MR) is 73.3 cm³/mol. The molecule has 0 atom stereocenters. The second-order valence-corrected chi connectivity index (χ2v) is 5.57. The lowest BCUT2D eigenvalue weighted by atomic mass is 10.1. The Morgan fingerprint density at radius 1 is 1.33 bits per heavy atom. The van der Waals surface area contributed by atoms with Gasteiger partial charge in [-0.2, -0.15) is 5.10 Å². The maximum atomic E-state index is 9.82. The monoisotopic (exact) mass is 247 g/mol. The Morgan fingerprint density at radius 3 is 2.67 bits per heavy atom. The summed E-state index contributed by atoms with van der Waals surface area (Å²) < 4.78 is 1.91. The van der Waals surface area contributed by atoms with Gasteiger partial charge < -0.3 is 5.11 Å². The number of aromatic nitrogens is 2. The lowest BCUT2D eigenvalue weighted by molar-refractivity contribution is 0.0422. The standard InChI is InChI=1S/C14H21N3O/c1-14(2,18)10-16(3)9-12-11-7-5-6-8-13(11)17(4)15-12/h5-8,18H,9-10H2,1-4H3. The molecular formula is C14H21N3O. The molecule has 1 heterocycles. The van der Waals surface area contributed by atoms with Gasteiger partial charge in [-0.15, -0.1) is 0 Å². The number of hydrogen-bond acceptors (Lipinski definition) is 3. The first-order valence-corrected chi connectivity index (χ1v) is 6.18. The molecule has 0 unspecified atom stereocenters. The number of rotatable bonds is 4. The molecule has 0 aliphatic carbocycles. The highest BCUT2D eigenvalue weighted by atomic mass is 16.3. The molecule has 0 radical (unpaired) electrons. The Morgan fingerprint density at radius 2 is 2.00 bits per heavy atom. The SMILES string of the molecule is CN(Cc1nn(C)c2ccccc12)CC(C)(C)O. The van der Waals surface area contributed by atoms with Crippen molar-refractivity contribution < 1.29 is 5.11 Å². The van der Waals surface area contributed by atoms with Crippen LogP contribution in [0.3, 0.4) is 0 Å². The maximum absolute atomic E-state index is 9.82. The van der Waals surface area contributed by atoms with E-state index in [1.807, 2.05) is 44.8 Å². The number of hydrogen-bond donors (Lipinski definition) is 1. The van der Waals surface area contributed by atoms with Crippen LogP contribution in [0.5, 0.6) is 0 Å². The molecule has 0 aliphatic rings. The summed E-state index contributed by atoms with van der Waals surface area (Å²) in [4.78, 5) is 2.09. The van der Waals surface area contributed by atoms with Crippen LogP contribution in [-0.2, 0) is 13.6 Å². The first-order valence-electron chi connectivity index (χ1n) is 6.18. The zero-order valence-corrected chi connectivity index (χ0v) is 11.5. The van der Waals surface area contributed by atoms with E-state index in [9.17, 15) is 5.11 Å². The lowest BCUT2D eigenvalue weighted by Gasteiger charge is -2.24. The number of benzene rings is 1. The summed E-state index contributed by atoms with van der Waals surface area (Å²) in [6.45, 7) is 5.00. The highest BCUT2D eigenvalue weighted by Gasteiger charge is 2.17. The van der Waals surface area contributed by atoms with Crippen LogP contribution in [0, 0.1) is 0 Å². The van der Waals surface area contributed by atoms with E-state index in [0.29, 0.717) is 6.54 Å². The van der Waals surface area contributed by atoms with Crippen molar-refractivity contribution in [3.63, 3.8) is 0 Å². The van der Waals surface area contributed by atoms with Crippen molar-refractivity contribution >= 4 is 10.9 Å². The minimum Gasteiger partial charge on any atom is -0.389 e. The second-order valence-electron chi connectivity index (χ2n) is 5.57. The molecule has 0 saturated heterocycles. The van der Waals surface area contributed by atoms with E-state index in [1.165, 1.54) is 5.39 Å². The Hall–Kier alpha value is -1.39. The first-order chi connectivity index (χ1) is 8.37. The zero-order valence-electron chi connectivity index (χ0n) is 11.5. The van der Waals surface area contributed by atoms with Crippen LogP contribution in [-0.4, -0.2) is 39.0 Å². The quantitative estimate of drug-likeness (QED) is 0.895. The van der Waals surface area contributed by atoms with Crippen molar-refractivity contribution in [2.24, 2.45) is 7.05 Å². The van der Waals surface area contributed by atoms with Gasteiger partial charge >= 0.3 is 0 Å². The second kappa shape index (κ2) is 4.71. The molecular weight excluding hydrogens is 226 g/mol. The van der Waals surface area contributed by atoms with E-state index in [0.717, 1.165) is 17.8 Å². The fourth-order valence-corrected chi connectivity index (χ4v) is 2.38. The van der Waals surface area contributed by atoms with Crippen molar-refractivity contribution in [1.82, 2.24) is 14.7 Å². The molecule has 0 fully saturated rings. The summed E-state index contributed by atoms with van der Waals surface area (Å²) in [5.41, 5.74) is 1.52. The van der Waals surface area contributed by atoms with E-state index in [4.69, 9.17) is 0 Å². The van der Waals surface area contributed by atoms with Crippen LogP contribution in [0.1, 0.15) is 19.5 Å². The highest BCUT2D eigenvalue weighted by molar-refractivity contribution is 5.81. The van der Waals surface area contributed by atoms with Gasteiger partial charge in [0.1, 0.15) is 0 Å². The Balaban J connectivity index is 2.22. The summed E-state index contributed by atoms with van der Waals surface area (Å²) in [5.74, 6) is 0. The Kier molecular flexibility index (Phi) is 3.41. The number of para-hydroxylation sites is 1. The average Bonchev–Trinajstić information content (AvgIpc) is 2.54. The summed E-state index contributed by atoms with van der Waals surface area (Å²) in [6.07, 6.45) is 0. The van der Waals surface area contributed by atoms with Crippen molar-refractivity contribution in [2.75, 3.05) is 13.6 Å². The largest absolute Gasteiger partial charge is 0.389 e. The fraction of sp³-hybridized carbons (Fsp3) is 0.500. The molecule has 0 saturated carbocycles. The molecule has 0 bridgehead atoms. The Bertz CT molecular complexity index is 539. The average molecular weight is 247 g/mol. The molecule has 1 aromatic heterocycles. The molecule has 0 amide bonds. The molecule has 0 spiro atoms. The predicted octanol–water partition coefficient (Wildman–Crippen LogP) is 1.78. The third kappa shape index (κ3) is 2.89. The van der Waals surface area contributed by atoms with Gasteiger partial charge in [0.2, 0.25) is 0 Å². The smallest absolute Gasteiger partial charge is 0.0843 e. The topological polar surface area (TPSA) is 41.3 Å². The molecule has 0 aliphatic heterocycles. The molecule has 2 rings (SSSR count). The van der Waals surface area contributed by atoms with Crippen LogP contribution < -0.4 is 0 Å². The van der Waals surface area contributed by atoms with Gasteiger partial charge in [-0.3, -0.25) is 9.58 Å². The van der Waals surface area contributed by atoms with Crippen LogP contribution in [0.15, 0.2) is 24.3 Å². The molecule has 98 valence electrons. The third-order valence-corrected chi connectivity index (χ3v) is 2.91. The summed E-state index contributed by atoms with van der Waals surface area (Å²) >= 11 is 0. The first kappa shape index (κ1) is 13.1. The van der Waals surface area contributed by atoms with E-state index < -0.39 is 5.60 Å². The van der Waals surface area contributed by atoms with Crippen LogP contribution in [0.2, 0.25) is 0 Å². The third-order valence-electron chi connectivity index (χ3n) is 2.91. The molecule has 18 heavy (non-hydrogen) atoms. The van der Waals surface area contributed by atoms with Gasteiger partial charge in [0.25, 0.3) is 0 Å². The molecule has 1 aromatic carbocycles. The summed E-state index contributed by atoms with van der Waals surface area (Å²) in [7, 11) is 3.96. The van der Waals surface area contributed by atoms with Crippen molar-refractivity contribution in [3.8, 4) is 0 Å². The van der Waals surface area contributed by atoms with Crippen molar-refractivity contribution in [3.05, 3.63) is 30.0 Å². The van der Waals surface area contributed by atoms with Gasteiger partial charge in [-0.05, 0) is 27.0 Å². The molecule has 4 heteroatoms. The van der Waals surface area contributed by atoms with Gasteiger partial charge in [-0.1, -0.05) is 18.2 Å². The van der Waals surface area contributed by atoms with E-state index in [2.05, 4.69) is 22.1 Å². The number of fused-ring (bicyclic) bond motifs is 1. The van der Waals surface area contributed by atoms with Crippen LogP contribution >= 0.6 is 0 Å². The number of aryl methyl sites for hydroxylation is 1. The van der Waals surface area contributed by atoms with Gasteiger partial charge in [0.05, 0.1) is 16.8 Å². The highest BCUT2D eigenvalue weighted by Crippen LogP contribution is 2.19. The fourth-order valence-electron chi connectivity index (χ4n) is 2.38. The minimum atomic E-state index is -0.681. The van der Waals surface area contributed by atoms with Crippen LogP contribution in [0.25, 0.3) is 10.9 Å². The maximum Gasteiger partial charge on any atom is 0.0843 e. The molecule has 4 nitrogen and oxygen atoms in total. The van der Waals surface area contributed by atoms with E-state index in [1.54, 1.807) is 0 Å². The molecule has 2 aromatic rings. The minimum absolute atomic E-state index is 0.623.